The van der Waals surface area contributed by atoms with Gasteiger partial charge in [-0.3, -0.25) is 0 Å². The SMILES string of the molecule is CCC1(COCCCCCCc2ccc(-c3ccc(-c4cc(C)c(-c5ccc(-c6ccc(CCCCCCOCC7(CC)COC7)s6)s5)s4)s3)s2)COC1.CCC1(COCCCCCCc2ccc(B3OC(C)(C)C(C)(C)O3)s2)COC1.Cc1cc(-c2ccc(Br)s2)sc1-c1ccc(Br)s1.Cc1cc(-c2cccs2)sc1-c1cccs1.Cc1cc(Br)sc1Br.OB(O)c1cccs1. The summed E-state index contributed by atoms with van der Waals surface area (Å²) in [6, 6.07) is 52.8. The Hall–Kier alpha value is -2.55. The van der Waals surface area contributed by atoms with Crippen molar-refractivity contribution in [2.45, 2.75) is 203 Å². The molecule has 0 unspecified atom stereocenters. The van der Waals surface area contributed by atoms with E-state index in [2.05, 4.69) is 284 Å². The molecule has 18 rings (SSSR count). The Labute approximate surface area is 874 Å². The summed E-state index contributed by atoms with van der Waals surface area (Å²) in [6.07, 6.45) is 21.7. The Kier molecular flexibility index (Phi) is 42.4. The summed E-state index contributed by atoms with van der Waals surface area (Å²) in [5.41, 5.74) is 5.79. The standard InChI is InChI=1S/C45H58O4S5.C22H37BO4S.C13H8Br2S3.C13H10S3.C5H4Br2S.C4H5BO2S/c1-4-44(29-48-30-44)27-46-24-12-8-6-10-14-34-16-18-36(50-34)38-20-21-40(52-38)42-26-33(3)43(54-42)41-23-22-39(53-41)37-19-17-35(51-37)15-11-7-9-13-25-47-28-45(5-2)31-49-32-45;1-6-22(16-25-17-22)15-24-14-10-8-7-9-11-18-12-13-19(28-18)23-26-20(2,3)21(4,5)27-23;1-7-6-10(8-2-4-11(14)16-8)18-13(7)9-3-5-12(15)17-9;1-9-8-12(10-4-2-6-14-10)16-13(9)11-5-3-7-15-11;1-3-2-4(6)8-5(3)7;6-5(7)4-2-1-3-8-4/h16-23,26H,4-15,24-25,27-32H2,1-3H3;12-13H,6-11,14-17H2,1-5H3;2-6H,1H3;2-8H,1H3;2H,1H3;1-3,6-7H. The van der Waals surface area contributed by atoms with Crippen LogP contribution in [0.15, 0.2) is 177 Å². The summed E-state index contributed by atoms with van der Waals surface area (Å²) >= 11 is 39.4. The third-order valence-corrected chi connectivity index (χ3v) is 43.9. The van der Waals surface area contributed by atoms with E-state index in [0.717, 1.165) is 124 Å². The van der Waals surface area contributed by atoms with Crippen LogP contribution in [-0.4, -0.2) is 115 Å². The number of halogens is 4. The maximum Gasteiger partial charge on any atom is 0.505 e. The van der Waals surface area contributed by atoms with Crippen molar-refractivity contribution in [3.8, 4) is 78.0 Å². The molecule has 0 spiro atoms. The zero-order chi connectivity index (χ0) is 93.3. The van der Waals surface area contributed by atoms with E-state index in [1.807, 2.05) is 113 Å². The first-order valence-electron chi connectivity index (χ1n) is 45.7. The molecule has 14 aromatic rings. The van der Waals surface area contributed by atoms with Crippen LogP contribution >= 0.6 is 222 Å². The minimum atomic E-state index is -1.30. The number of unbranched alkanes of at least 4 members (excludes halogenated alkanes) is 9. The molecule has 708 valence electrons. The molecule has 0 amide bonds. The number of thiophene rings is 14. The van der Waals surface area contributed by atoms with Crippen molar-refractivity contribution >= 4 is 246 Å². The minimum Gasteiger partial charge on any atom is -0.423 e. The monoisotopic (exact) mass is 2290 g/mol. The first-order chi connectivity index (χ1) is 63.7. The van der Waals surface area contributed by atoms with Crippen LogP contribution in [0.3, 0.4) is 0 Å². The number of aryl methyl sites for hydroxylation is 7. The topological polar surface area (TPSA) is 114 Å². The van der Waals surface area contributed by atoms with Gasteiger partial charge in [0.2, 0.25) is 0 Å². The average molecular weight is 2300 g/mol. The Bertz CT molecular complexity index is 5650. The van der Waals surface area contributed by atoms with E-state index in [-0.39, 0.29) is 18.3 Å². The molecule has 30 heteroatoms. The predicted molar refractivity (Wildman–Crippen MR) is 597 cm³/mol. The van der Waals surface area contributed by atoms with Crippen LogP contribution in [0.2, 0.25) is 0 Å². The lowest BCUT2D eigenvalue weighted by Crippen LogP contribution is -2.45. The van der Waals surface area contributed by atoms with Gasteiger partial charge in [0.05, 0.1) is 85.8 Å². The van der Waals surface area contributed by atoms with Gasteiger partial charge in [-0.1, -0.05) is 89.6 Å². The highest BCUT2D eigenvalue weighted by atomic mass is 79.9. The van der Waals surface area contributed by atoms with Crippen molar-refractivity contribution in [2.24, 2.45) is 16.2 Å². The quantitative estimate of drug-likeness (QED) is 0.0284. The Morgan fingerprint density at radius 1 is 0.341 bits per heavy atom. The van der Waals surface area contributed by atoms with Gasteiger partial charge in [-0.2, -0.15) is 11.3 Å². The molecule has 0 atom stereocenters. The van der Waals surface area contributed by atoms with Crippen LogP contribution in [0, 0.1) is 43.9 Å². The van der Waals surface area contributed by atoms with Gasteiger partial charge in [0.1, 0.15) is 0 Å². The molecule has 0 saturated carbocycles. The van der Waals surface area contributed by atoms with Gasteiger partial charge in [-0.25, -0.2) is 0 Å². The van der Waals surface area contributed by atoms with Gasteiger partial charge in [-0.15, -0.1) is 147 Å². The fourth-order valence-corrected chi connectivity index (χ4v) is 32.2. The van der Waals surface area contributed by atoms with Gasteiger partial charge in [0.15, 0.2) is 0 Å². The summed E-state index contributed by atoms with van der Waals surface area (Å²) in [6.45, 7) is 34.3. The molecule has 4 fully saturated rings. The van der Waals surface area contributed by atoms with Crippen LogP contribution in [-0.2, 0) is 57.0 Å². The van der Waals surface area contributed by atoms with E-state index in [0.29, 0.717) is 21.0 Å². The fraction of sp³-hybridized carbons (Fsp3) is 0.451. The second-order valence-corrected chi connectivity index (χ2v) is 55.8. The van der Waals surface area contributed by atoms with Crippen LogP contribution < -0.4 is 9.55 Å². The smallest absolute Gasteiger partial charge is 0.423 e. The third kappa shape index (κ3) is 30.7. The molecule has 0 aromatic carbocycles. The van der Waals surface area contributed by atoms with Gasteiger partial charge in [-0.05, 0) is 350 Å². The molecule has 2 N–H and O–H groups in total. The highest BCUT2D eigenvalue weighted by Crippen LogP contribution is 2.50. The maximum absolute atomic E-state index is 8.48. The summed E-state index contributed by atoms with van der Waals surface area (Å²) in [5, 5.41) is 23.0. The zero-order valence-corrected chi connectivity index (χ0v) is 95.1. The van der Waals surface area contributed by atoms with Crippen molar-refractivity contribution in [1.82, 2.24) is 0 Å². The maximum atomic E-state index is 8.48. The third-order valence-electron chi connectivity index (χ3n) is 24.5. The molecule has 0 radical (unpaired) electrons. The van der Waals surface area contributed by atoms with E-state index in [9.17, 15) is 0 Å². The van der Waals surface area contributed by atoms with Gasteiger partial charge < -0.3 is 47.8 Å². The van der Waals surface area contributed by atoms with Crippen molar-refractivity contribution in [2.75, 3.05) is 79.3 Å². The molecule has 4 aliphatic heterocycles. The fourth-order valence-electron chi connectivity index (χ4n) is 15.0. The lowest BCUT2D eigenvalue weighted by atomic mass is 9.84. The number of hydrogen-bond acceptors (Lipinski definition) is 24. The summed E-state index contributed by atoms with van der Waals surface area (Å²) in [5.74, 6) is 0. The Balaban J connectivity index is 0.000000156. The number of ether oxygens (including phenoxy) is 6. The largest absolute Gasteiger partial charge is 0.505 e. The van der Waals surface area contributed by atoms with Crippen LogP contribution in [0.25, 0.3) is 78.0 Å². The first-order valence-corrected chi connectivity index (χ1v) is 60.5. The zero-order valence-electron chi connectivity index (χ0n) is 77.3. The number of rotatable bonds is 40. The van der Waals surface area contributed by atoms with Crippen molar-refractivity contribution in [3.63, 3.8) is 0 Å². The highest BCUT2D eigenvalue weighted by molar-refractivity contribution is 9.12. The van der Waals surface area contributed by atoms with E-state index >= 15 is 0 Å². The number of hydrogen-bond donors (Lipinski definition) is 2. The first kappa shape index (κ1) is 107. The summed E-state index contributed by atoms with van der Waals surface area (Å²) in [4.78, 5) is 26.5. The highest BCUT2D eigenvalue weighted by Gasteiger charge is 2.52. The molecule has 0 bridgehead atoms. The van der Waals surface area contributed by atoms with Crippen LogP contribution in [0.4, 0.5) is 0 Å². The molecule has 4 aliphatic rings. The normalized spacial score (nSPS) is 15.3. The predicted octanol–water partition coefficient (Wildman–Crippen LogP) is 34.2. The second-order valence-electron chi connectivity index (χ2n) is 35.4. The van der Waals surface area contributed by atoms with Crippen LogP contribution in [0.1, 0.15) is 182 Å². The second kappa shape index (κ2) is 52.4. The van der Waals surface area contributed by atoms with Gasteiger partial charge in [0, 0.05) is 138 Å². The van der Waals surface area contributed by atoms with Crippen molar-refractivity contribution < 1.29 is 47.8 Å². The Morgan fingerprint density at radius 3 is 1.07 bits per heavy atom. The molecule has 10 nitrogen and oxygen atoms in total. The van der Waals surface area contributed by atoms with Gasteiger partial charge in [0.25, 0.3) is 0 Å². The van der Waals surface area contributed by atoms with Gasteiger partial charge >= 0.3 is 14.2 Å². The molecule has 14 aromatic heterocycles. The van der Waals surface area contributed by atoms with Crippen LogP contribution in [0.5, 0.6) is 0 Å². The van der Waals surface area contributed by atoms with Crippen molar-refractivity contribution in [3.05, 3.63) is 214 Å². The molecule has 4 saturated heterocycles. The summed E-state index contributed by atoms with van der Waals surface area (Å²) in [7, 11) is -1.52. The van der Waals surface area contributed by atoms with E-state index in [1.54, 1.807) is 51.5 Å². The van der Waals surface area contributed by atoms with E-state index in [1.165, 1.54) is 217 Å². The lowest BCUT2D eigenvalue weighted by molar-refractivity contribution is -0.150. The molecule has 18 heterocycles. The van der Waals surface area contributed by atoms with E-state index in [4.69, 9.17) is 47.8 Å². The summed E-state index contributed by atoms with van der Waals surface area (Å²) < 4.78 is 52.9. The van der Waals surface area contributed by atoms with Crippen molar-refractivity contribution in [1.29, 1.82) is 0 Å². The molecular formula is C102H122B2Br4O10S14. The Morgan fingerprint density at radius 2 is 0.697 bits per heavy atom. The molecule has 0 aliphatic carbocycles. The average Bonchev–Trinajstić information content (AvgIpc) is 1.63. The minimum absolute atomic E-state index is 0.228. The van der Waals surface area contributed by atoms with E-state index < -0.39 is 7.12 Å². The lowest BCUT2D eigenvalue weighted by Gasteiger charge is -2.40. The molecule has 132 heavy (non-hydrogen) atoms. The molecular weight excluding hydrogens is 2180 g/mol.